The Morgan fingerprint density at radius 1 is 1.05 bits per heavy atom. The van der Waals surface area contributed by atoms with Crippen LogP contribution in [-0.4, -0.2) is 6.04 Å². The zero-order valence-electron chi connectivity index (χ0n) is 13.2. The maximum absolute atomic E-state index is 3.84. The molecule has 0 aliphatic carbocycles. The Bertz CT molecular complexity index is 478. The molecule has 0 fully saturated rings. The molecule has 114 valence electrons. The molecule has 0 aliphatic rings. The van der Waals surface area contributed by atoms with E-state index in [0.29, 0.717) is 12.1 Å². The van der Waals surface area contributed by atoms with Crippen LogP contribution in [0.3, 0.4) is 0 Å². The van der Waals surface area contributed by atoms with Gasteiger partial charge in [-0.15, -0.1) is 11.3 Å². The topological polar surface area (TPSA) is 12.0 Å². The van der Waals surface area contributed by atoms with Crippen molar-refractivity contribution in [3.63, 3.8) is 0 Å². The summed E-state index contributed by atoms with van der Waals surface area (Å²) in [6.07, 6.45) is 6.26. The third kappa shape index (κ3) is 5.64. The largest absolute Gasteiger partial charge is 0.307 e. The van der Waals surface area contributed by atoms with Crippen molar-refractivity contribution < 1.29 is 0 Å². The van der Waals surface area contributed by atoms with Crippen LogP contribution in [0.4, 0.5) is 0 Å². The number of hydrogen-bond donors (Lipinski definition) is 1. The lowest BCUT2D eigenvalue weighted by Gasteiger charge is -2.24. The van der Waals surface area contributed by atoms with Crippen molar-refractivity contribution in [2.75, 3.05) is 0 Å². The predicted molar refractivity (Wildman–Crippen MR) is 93.9 cm³/mol. The van der Waals surface area contributed by atoms with E-state index in [9.17, 15) is 0 Å². The van der Waals surface area contributed by atoms with Gasteiger partial charge in [-0.2, -0.15) is 0 Å². The highest BCUT2D eigenvalue weighted by Crippen LogP contribution is 2.21. The molecule has 2 heteroatoms. The van der Waals surface area contributed by atoms with Crippen LogP contribution in [-0.2, 0) is 6.42 Å². The van der Waals surface area contributed by atoms with E-state index < -0.39 is 0 Å². The van der Waals surface area contributed by atoms with Gasteiger partial charge in [-0.25, -0.2) is 0 Å². The molecule has 1 aromatic heterocycles. The molecule has 0 aliphatic heterocycles. The molecule has 1 aromatic carbocycles. The SMILES string of the molecule is CCCCCC(NC(C)Cc1cccs1)c1ccccc1. The first-order chi connectivity index (χ1) is 10.3. The van der Waals surface area contributed by atoms with Gasteiger partial charge in [-0.05, 0) is 36.8 Å². The molecule has 21 heavy (non-hydrogen) atoms. The fourth-order valence-corrected chi connectivity index (χ4v) is 3.60. The van der Waals surface area contributed by atoms with Crippen LogP contribution in [0.1, 0.15) is 56.0 Å². The zero-order valence-corrected chi connectivity index (χ0v) is 14.0. The molecule has 2 atom stereocenters. The normalized spacial score (nSPS) is 14.0. The lowest BCUT2D eigenvalue weighted by molar-refractivity contribution is 0.419. The molecular formula is C19H27NS. The molecule has 2 unspecified atom stereocenters. The second-order valence-corrected chi connectivity index (χ2v) is 6.84. The van der Waals surface area contributed by atoms with Gasteiger partial charge < -0.3 is 5.32 Å². The molecule has 0 spiro atoms. The molecule has 2 rings (SSSR count). The first-order valence-corrected chi connectivity index (χ1v) is 9.01. The van der Waals surface area contributed by atoms with Crippen molar-refractivity contribution in [2.24, 2.45) is 0 Å². The van der Waals surface area contributed by atoms with Crippen molar-refractivity contribution >= 4 is 11.3 Å². The third-order valence-electron chi connectivity index (χ3n) is 3.87. The average Bonchev–Trinajstić information content (AvgIpc) is 3.00. The van der Waals surface area contributed by atoms with Crippen LogP contribution in [0.5, 0.6) is 0 Å². The highest BCUT2D eigenvalue weighted by Gasteiger charge is 2.14. The zero-order chi connectivity index (χ0) is 14.9. The van der Waals surface area contributed by atoms with E-state index in [1.54, 1.807) is 0 Å². The van der Waals surface area contributed by atoms with Crippen molar-refractivity contribution in [2.45, 2.75) is 58.0 Å². The quantitative estimate of drug-likeness (QED) is 0.595. The van der Waals surface area contributed by atoms with E-state index in [4.69, 9.17) is 0 Å². The van der Waals surface area contributed by atoms with Gasteiger partial charge in [0.15, 0.2) is 0 Å². The predicted octanol–water partition coefficient (Wildman–Crippen LogP) is 5.59. The van der Waals surface area contributed by atoms with Crippen LogP contribution in [0, 0.1) is 0 Å². The average molecular weight is 301 g/mol. The number of thiophene rings is 1. The van der Waals surface area contributed by atoms with E-state index in [0.717, 1.165) is 6.42 Å². The van der Waals surface area contributed by atoms with Crippen LogP contribution >= 0.6 is 11.3 Å². The molecule has 1 N–H and O–H groups in total. The fraction of sp³-hybridized carbons (Fsp3) is 0.474. The number of nitrogens with one attached hydrogen (secondary N) is 1. The Kier molecular flexibility index (Phi) is 6.98. The number of hydrogen-bond acceptors (Lipinski definition) is 2. The summed E-state index contributed by atoms with van der Waals surface area (Å²) in [5, 5.41) is 6.00. The van der Waals surface area contributed by atoms with Gasteiger partial charge in [-0.1, -0.05) is 62.6 Å². The Morgan fingerprint density at radius 2 is 1.86 bits per heavy atom. The van der Waals surface area contributed by atoms with Gasteiger partial charge in [0.1, 0.15) is 0 Å². The lowest BCUT2D eigenvalue weighted by atomic mass is 9.99. The summed E-state index contributed by atoms with van der Waals surface area (Å²) in [5.41, 5.74) is 1.42. The Labute approximate surface area is 133 Å². The van der Waals surface area contributed by atoms with E-state index in [1.807, 2.05) is 11.3 Å². The van der Waals surface area contributed by atoms with E-state index >= 15 is 0 Å². The minimum absolute atomic E-state index is 0.479. The summed E-state index contributed by atoms with van der Waals surface area (Å²) in [6.45, 7) is 4.57. The third-order valence-corrected chi connectivity index (χ3v) is 4.77. The Morgan fingerprint density at radius 3 is 2.52 bits per heavy atom. The summed E-state index contributed by atoms with van der Waals surface area (Å²) in [6, 6.07) is 16.3. The maximum atomic E-state index is 3.84. The second-order valence-electron chi connectivity index (χ2n) is 5.81. The molecule has 0 amide bonds. The second kappa shape index (κ2) is 9.01. The first kappa shape index (κ1) is 16.3. The summed E-state index contributed by atoms with van der Waals surface area (Å²) in [4.78, 5) is 1.47. The molecule has 1 heterocycles. The van der Waals surface area contributed by atoms with Crippen molar-refractivity contribution in [1.29, 1.82) is 0 Å². The van der Waals surface area contributed by atoms with E-state index in [1.165, 1.54) is 36.1 Å². The summed E-state index contributed by atoms with van der Waals surface area (Å²) < 4.78 is 0. The first-order valence-electron chi connectivity index (χ1n) is 8.13. The summed E-state index contributed by atoms with van der Waals surface area (Å²) in [7, 11) is 0. The highest BCUT2D eigenvalue weighted by atomic mass is 32.1. The van der Waals surface area contributed by atoms with Crippen LogP contribution in [0.2, 0.25) is 0 Å². The molecule has 1 nitrogen and oxygen atoms in total. The van der Waals surface area contributed by atoms with Gasteiger partial charge in [0, 0.05) is 17.0 Å². The fourth-order valence-electron chi connectivity index (χ4n) is 2.76. The number of benzene rings is 1. The van der Waals surface area contributed by atoms with Crippen LogP contribution in [0.15, 0.2) is 47.8 Å². The minimum atomic E-state index is 0.479. The number of rotatable bonds is 9. The molecule has 0 saturated carbocycles. The maximum Gasteiger partial charge on any atom is 0.0322 e. The lowest BCUT2D eigenvalue weighted by Crippen LogP contribution is -2.32. The van der Waals surface area contributed by atoms with Crippen molar-refractivity contribution in [3.8, 4) is 0 Å². The highest BCUT2D eigenvalue weighted by molar-refractivity contribution is 7.09. The van der Waals surface area contributed by atoms with Gasteiger partial charge in [0.05, 0.1) is 0 Å². The van der Waals surface area contributed by atoms with Crippen LogP contribution in [0.25, 0.3) is 0 Å². The van der Waals surface area contributed by atoms with E-state index in [-0.39, 0.29) is 0 Å². The van der Waals surface area contributed by atoms with Gasteiger partial charge in [0.25, 0.3) is 0 Å². The van der Waals surface area contributed by atoms with Crippen molar-refractivity contribution in [1.82, 2.24) is 5.32 Å². The minimum Gasteiger partial charge on any atom is -0.307 e. The Hall–Kier alpha value is -1.12. The molecule has 0 radical (unpaired) electrons. The van der Waals surface area contributed by atoms with Gasteiger partial charge >= 0.3 is 0 Å². The smallest absolute Gasteiger partial charge is 0.0322 e. The Balaban J connectivity index is 1.94. The summed E-state index contributed by atoms with van der Waals surface area (Å²) >= 11 is 1.86. The van der Waals surface area contributed by atoms with E-state index in [2.05, 4.69) is 67.0 Å². The number of unbranched alkanes of at least 4 members (excludes halogenated alkanes) is 2. The molecule has 0 saturated heterocycles. The molecule has 2 aromatic rings. The standard InChI is InChI=1S/C19H27NS/c1-3-4-6-13-19(17-10-7-5-8-11-17)20-16(2)15-18-12-9-14-21-18/h5,7-12,14,16,19-20H,3-4,6,13,15H2,1-2H3. The molecular weight excluding hydrogens is 274 g/mol. The van der Waals surface area contributed by atoms with Gasteiger partial charge in [0.2, 0.25) is 0 Å². The monoisotopic (exact) mass is 301 g/mol. The van der Waals surface area contributed by atoms with Crippen molar-refractivity contribution in [3.05, 3.63) is 58.3 Å². The van der Waals surface area contributed by atoms with Crippen LogP contribution < -0.4 is 5.32 Å². The summed E-state index contributed by atoms with van der Waals surface area (Å²) in [5.74, 6) is 0. The molecule has 0 bridgehead atoms. The van der Waals surface area contributed by atoms with Gasteiger partial charge in [-0.3, -0.25) is 0 Å².